The van der Waals surface area contributed by atoms with Crippen molar-refractivity contribution in [2.24, 2.45) is 0 Å². The van der Waals surface area contributed by atoms with Gasteiger partial charge in [0.2, 0.25) is 0 Å². The summed E-state index contributed by atoms with van der Waals surface area (Å²) in [6.07, 6.45) is 3.43. The van der Waals surface area contributed by atoms with Crippen LogP contribution in [0, 0.1) is 0 Å². The average Bonchev–Trinajstić information content (AvgIpc) is 3.12. The molecule has 134 valence electrons. The molecular formula is C20H22N4O2. The highest BCUT2D eigenvalue weighted by Crippen LogP contribution is 2.26. The SMILES string of the molecule is C[C@@H](Oc1ccccc1)C(=O)N1CCC[C@H](c2nnc3ccccn23)C1. The van der Waals surface area contributed by atoms with Crippen LogP contribution in [-0.4, -0.2) is 44.6 Å². The summed E-state index contributed by atoms with van der Waals surface area (Å²) in [7, 11) is 0. The van der Waals surface area contributed by atoms with Crippen molar-refractivity contribution in [3.05, 3.63) is 60.6 Å². The van der Waals surface area contributed by atoms with E-state index in [-0.39, 0.29) is 11.8 Å². The lowest BCUT2D eigenvalue weighted by Gasteiger charge is -2.33. The van der Waals surface area contributed by atoms with Gasteiger partial charge in [-0.25, -0.2) is 0 Å². The Morgan fingerprint density at radius 3 is 2.81 bits per heavy atom. The van der Waals surface area contributed by atoms with Crippen LogP contribution < -0.4 is 4.74 Å². The number of pyridine rings is 1. The molecule has 2 atom stereocenters. The fraction of sp³-hybridized carbons (Fsp3) is 0.350. The minimum absolute atomic E-state index is 0.0207. The molecule has 0 N–H and O–H groups in total. The number of para-hydroxylation sites is 1. The van der Waals surface area contributed by atoms with E-state index in [2.05, 4.69) is 10.2 Å². The van der Waals surface area contributed by atoms with E-state index >= 15 is 0 Å². The van der Waals surface area contributed by atoms with E-state index in [4.69, 9.17) is 4.74 Å². The van der Waals surface area contributed by atoms with Crippen LogP contribution in [-0.2, 0) is 4.79 Å². The Labute approximate surface area is 152 Å². The summed E-state index contributed by atoms with van der Waals surface area (Å²) in [6, 6.07) is 15.3. The van der Waals surface area contributed by atoms with Gasteiger partial charge < -0.3 is 9.64 Å². The second-order valence-electron chi connectivity index (χ2n) is 6.68. The maximum absolute atomic E-state index is 12.8. The number of aromatic nitrogens is 3. The molecule has 3 heterocycles. The Bertz CT molecular complexity index is 893. The van der Waals surface area contributed by atoms with Crippen molar-refractivity contribution in [2.75, 3.05) is 13.1 Å². The first-order valence-electron chi connectivity index (χ1n) is 9.02. The Kier molecular flexibility index (Phi) is 4.56. The molecule has 6 nitrogen and oxygen atoms in total. The number of piperidine rings is 1. The van der Waals surface area contributed by atoms with Crippen LogP contribution >= 0.6 is 0 Å². The van der Waals surface area contributed by atoms with E-state index in [0.29, 0.717) is 12.3 Å². The molecule has 1 aliphatic rings. The number of rotatable bonds is 4. The first-order valence-corrected chi connectivity index (χ1v) is 9.02. The molecule has 0 saturated carbocycles. The van der Waals surface area contributed by atoms with Gasteiger partial charge in [0.1, 0.15) is 11.6 Å². The van der Waals surface area contributed by atoms with Crippen LogP contribution in [0.3, 0.4) is 0 Å². The molecular weight excluding hydrogens is 328 g/mol. The Morgan fingerprint density at radius 2 is 1.96 bits per heavy atom. The van der Waals surface area contributed by atoms with Gasteiger partial charge in [-0.3, -0.25) is 9.20 Å². The summed E-state index contributed by atoms with van der Waals surface area (Å²) < 4.78 is 7.82. The smallest absolute Gasteiger partial charge is 0.263 e. The lowest BCUT2D eigenvalue weighted by molar-refractivity contribution is -0.139. The minimum atomic E-state index is -0.508. The second kappa shape index (κ2) is 7.15. The van der Waals surface area contributed by atoms with Crippen molar-refractivity contribution in [2.45, 2.75) is 31.8 Å². The average molecular weight is 350 g/mol. The monoisotopic (exact) mass is 350 g/mol. The Morgan fingerprint density at radius 1 is 1.15 bits per heavy atom. The zero-order chi connectivity index (χ0) is 17.9. The van der Waals surface area contributed by atoms with Crippen molar-refractivity contribution in [3.8, 4) is 5.75 Å². The van der Waals surface area contributed by atoms with Gasteiger partial charge in [0.05, 0.1) is 0 Å². The van der Waals surface area contributed by atoms with Crippen molar-refractivity contribution >= 4 is 11.6 Å². The molecule has 0 radical (unpaired) electrons. The molecule has 4 rings (SSSR count). The fourth-order valence-electron chi connectivity index (χ4n) is 3.54. The Balaban J connectivity index is 1.47. The van der Waals surface area contributed by atoms with E-state index in [1.165, 1.54) is 0 Å². The molecule has 0 unspecified atom stereocenters. The molecule has 0 aliphatic carbocycles. The van der Waals surface area contributed by atoms with Crippen molar-refractivity contribution < 1.29 is 9.53 Å². The molecule has 1 amide bonds. The van der Waals surface area contributed by atoms with Gasteiger partial charge >= 0.3 is 0 Å². The van der Waals surface area contributed by atoms with Gasteiger partial charge in [-0.1, -0.05) is 24.3 Å². The molecule has 26 heavy (non-hydrogen) atoms. The maximum Gasteiger partial charge on any atom is 0.263 e. The molecule has 1 fully saturated rings. The van der Waals surface area contributed by atoms with Crippen LogP contribution in [0.5, 0.6) is 5.75 Å². The second-order valence-corrected chi connectivity index (χ2v) is 6.68. The molecule has 1 aliphatic heterocycles. The zero-order valence-corrected chi connectivity index (χ0v) is 14.8. The van der Waals surface area contributed by atoms with Crippen LogP contribution in [0.2, 0.25) is 0 Å². The molecule has 0 bridgehead atoms. The molecule has 1 aromatic carbocycles. The number of carbonyl (C=O) groups excluding carboxylic acids is 1. The van der Waals surface area contributed by atoms with Gasteiger partial charge in [0.15, 0.2) is 11.8 Å². The third-order valence-corrected chi connectivity index (χ3v) is 4.84. The number of carbonyl (C=O) groups is 1. The van der Waals surface area contributed by atoms with E-state index in [1.807, 2.05) is 71.0 Å². The maximum atomic E-state index is 12.8. The number of fused-ring (bicyclic) bond motifs is 1. The Hall–Kier alpha value is -2.89. The van der Waals surface area contributed by atoms with E-state index in [0.717, 1.165) is 30.9 Å². The summed E-state index contributed by atoms with van der Waals surface area (Å²) >= 11 is 0. The van der Waals surface area contributed by atoms with Crippen LogP contribution in [0.1, 0.15) is 31.5 Å². The topological polar surface area (TPSA) is 59.7 Å². The van der Waals surface area contributed by atoms with Crippen LogP contribution in [0.25, 0.3) is 5.65 Å². The van der Waals surface area contributed by atoms with Crippen LogP contribution in [0.15, 0.2) is 54.7 Å². The lowest BCUT2D eigenvalue weighted by Crippen LogP contribution is -2.45. The largest absolute Gasteiger partial charge is 0.481 e. The third kappa shape index (κ3) is 3.27. The number of hydrogen-bond acceptors (Lipinski definition) is 4. The van der Waals surface area contributed by atoms with Crippen molar-refractivity contribution in [1.29, 1.82) is 0 Å². The first-order chi connectivity index (χ1) is 12.7. The predicted octanol–water partition coefficient (Wildman–Crippen LogP) is 2.90. The zero-order valence-electron chi connectivity index (χ0n) is 14.8. The van der Waals surface area contributed by atoms with E-state index < -0.39 is 6.10 Å². The normalized spacial score (nSPS) is 18.7. The quantitative estimate of drug-likeness (QED) is 0.726. The van der Waals surface area contributed by atoms with Gasteiger partial charge in [-0.05, 0) is 44.0 Å². The summed E-state index contributed by atoms with van der Waals surface area (Å²) in [5.74, 6) is 1.85. The minimum Gasteiger partial charge on any atom is -0.481 e. The van der Waals surface area contributed by atoms with Crippen LogP contribution in [0.4, 0.5) is 0 Å². The number of nitrogens with zero attached hydrogens (tertiary/aromatic N) is 4. The molecule has 3 aromatic rings. The van der Waals surface area contributed by atoms with Gasteiger partial charge in [0, 0.05) is 25.2 Å². The number of hydrogen-bond donors (Lipinski definition) is 0. The summed E-state index contributed by atoms with van der Waals surface area (Å²) in [5.41, 5.74) is 0.840. The van der Waals surface area contributed by atoms with Crippen molar-refractivity contribution in [1.82, 2.24) is 19.5 Å². The number of ether oxygens (including phenoxy) is 1. The first kappa shape index (κ1) is 16.6. The summed E-state index contributed by atoms with van der Waals surface area (Å²) in [5, 5.41) is 8.61. The molecule has 2 aromatic heterocycles. The summed E-state index contributed by atoms with van der Waals surface area (Å²) in [6.45, 7) is 3.22. The molecule has 6 heteroatoms. The molecule has 0 spiro atoms. The van der Waals surface area contributed by atoms with Gasteiger partial charge in [-0.15, -0.1) is 10.2 Å². The fourth-order valence-corrected chi connectivity index (χ4v) is 3.54. The number of benzene rings is 1. The van der Waals surface area contributed by atoms with E-state index in [9.17, 15) is 4.79 Å². The highest BCUT2D eigenvalue weighted by Gasteiger charge is 2.30. The lowest BCUT2D eigenvalue weighted by atomic mass is 9.97. The highest BCUT2D eigenvalue weighted by molar-refractivity contribution is 5.81. The number of amides is 1. The van der Waals surface area contributed by atoms with Crippen molar-refractivity contribution in [3.63, 3.8) is 0 Å². The van der Waals surface area contributed by atoms with Gasteiger partial charge in [0.25, 0.3) is 5.91 Å². The van der Waals surface area contributed by atoms with E-state index in [1.54, 1.807) is 0 Å². The predicted molar refractivity (Wildman–Crippen MR) is 98.1 cm³/mol. The molecule has 1 saturated heterocycles. The summed E-state index contributed by atoms with van der Waals surface area (Å²) in [4.78, 5) is 14.7. The van der Waals surface area contributed by atoms with Gasteiger partial charge in [-0.2, -0.15) is 0 Å². The number of likely N-dealkylation sites (tertiary alicyclic amines) is 1. The standard InChI is InChI=1S/C20H22N4O2/c1-15(26-17-9-3-2-4-10-17)20(25)23-12-7-8-16(14-23)19-22-21-18-11-5-6-13-24(18)19/h2-6,9-11,13,15-16H,7-8,12,14H2,1H3/t15-,16+/m1/s1. The highest BCUT2D eigenvalue weighted by atomic mass is 16.5. The third-order valence-electron chi connectivity index (χ3n) is 4.84.